The molecule has 1 aromatic carbocycles. The van der Waals surface area contributed by atoms with Crippen LogP contribution in [0.15, 0.2) is 24.3 Å². The second-order valence-corrected chi connectivity index (χ2v) is 5.66. The summed E-state index contributed by atoms with van der Waals surface area (Å²) in [6, 6.07) is 8.35. The average molecular weight is 276 g/mol. The quantitative estimate of drug-likeness (QED) is 0.913. The molecule has 1 fully saturated rings. The molecule has 110 valence electrons. The molecule has 0 saturated carbocycles. The van der Waals surface area contributed by atoms with Gasteiger partial charge in [-0.15, -0.1) is 0 Å². The van der Waals surface area contributed by atoms with Gasteiger partial charge in [-0.2, -0.15) is 0 Å². The highest BCUT2D eigenvalue weighted by Gasteiger charge is 2.33. The number of benzene rings is 1. The van der Waals surface area contributed by atoms with Crippen LogP contribution in [0.4, 0.5) is 0 Å². The van der Waals surface area contributed by atoms with E-state index in [2.05, 4.69) is 17.9 Å². The molecule has 0 bridgehead atoms. The zero-order valence-electron chi connectivity index (χ0n) is 12.1. The first kappa shape index (κ1) is 13.9. The molecule has 4 nitrogen and oxygen atoms in total. The van der Waals surface area contributed by atoms with Crippen molar-refractivity contribution in [2.24, 2.45) is 5.73 Å². The maximum absolute atomic E-state index is 6.48. The minimum absolute atomic E-state index is 0.0151. The molecule has 0 amide bonds. The van der Waals surface area contributed by atoms with Gasteiger partial charge in [0.25, 0.3) is 0 Å². The Hall–Kier alpha value is -1.10. The van der Waals surface area contributed by atoms with Gasteiger partial charge in [0.15, 0.2) is 0 Å². The van der Waals surface area contributed by atoms with Crippen molar-refractivity contribution in [2.45, 2.75) is 38.0 Å². The third-order valence-corrected chi connectivity index (χ3v) is 4.44. The second-order valence-electron chi connectivity index (χ2n) is 5.66. The molecule has 4 heteroatoms. The van der Waals surface area contributed by atoms with Crippen molar-refractivity contribution in [1.29, 1.82) is 0 Å². The van der Waals surface area contributed by atoms with Gasteiger partial charge >= 0.3 is 0 Å². The van der Waals surface area contributed by atoms with E-state index in [0.717, 1.165) is 37.4 Å². The lowest BCUT2D eigenvalue weighted by Crippen LogP contribution is -2.50. The van der Waals surface area contributed by atoms with Crippen molar-refractivity contribution < 1.29 is 9.47 Å². The lowest BCUT2D eigenvalue weighted by Gasteiger charge is -2.39. The number of hydrogen-bond acceptors (Lipinski definition) is 4. The monoisotopic (exact) mass is 276 g/mol. The van der Waals surface area contributed by atoms with Crippen molar-refractivity contribution in [3.05, 3.63) is 29.8 Å². The second kappa shape index (κ2) is 6.12. The van der Waals surface area contributed by atoms with Crippen LogP contribution in [0.2, 0.25) is 0 Å². The Bertz CT molecular complexity index is 446. The SMILES string of the molecule is CCN(CC1CCCO1)C1COc2ccccc2C1N. The van der Waals surface area contributed by atoms with Gasteiger partial charge in [0.1, 0.15) is 12.4 Å². The van der Waals surface area contributed by atoms with Crippen LogP contribution >= 0.6 is 0 Å². The Morgan fingerprint density at radius 3 is 2.95 bits per heavy atom. The first-order chi connectivity index (χ1) is 9.79. The summed E-state index contributed by atoms with van der Waals surface area (Å²) >= 11 is 0. The summed E-state index contributed by atoms with van der Waals surface area (Å²) in [5.41, 5.74) is 7.60. The summed E-state index contributed by atoms with van der Waals surface area (Å²) in [6.07, 6.45) is 2.70. The van der Waals surface area contributed by atoms with Gasteiger partial charge < -0.3 is 15.2 Å². The highest BCUT2D eigenvalue weighted by atomic mass is 16.5. The molecule has 0 radical (unpaired) electrons. The number of nitrogens with two attached hydrogens (primary N) is 1. The molecule has 0 aromatic heterocycles. The van der Waals surface area contributed by atoms with Crippen molar-refractivity contribution in [3.63, 3.8) is 0 Å². The number of rotatable bonds is 4. The predicted molar refractivity (Wildman–Crippen MR) is 78.9 cm³/mol. The highest BCUT2D eigenvalue weighted by Crippen LogP contribution is 2.32. The smallest absolute Gasteiger partial charge is 0.124 e. The minimum atomic E-state index is 0.0151. The summed E-state index contributed by atoms with van der Waals surface area (Å²) in [5.74, 6) is 0.935. The minimum Gasteiger partial charge on any atom is -0.492 e. The normalized spacial score (nSPS) is 29.2. The summed E-state index contributed by atoms with van der Waals surface area (Å²) in [5, 5.41) is 0. The molecule has 0 aliphatic carbocycles. The van der Waals surface area contributed by atoms with Crippen LogP contribution < -0.4 is 10.5 Å². The molecule has 3 rings (SSSR count). The van der Waals surface area contributed by atoms with Crippen LogP contribution in [0.1, 0.15) is 31.4 Å². The van der Waals surface area contributed by atoms with Crippen molar-refractivity contribution in [3.8, 4) is 5.75 Å². The van der Waals surface area contributed by atoms with Crippen LogP contribution in [0.3, 0.4) is 0 Å². The van der Waals surface area contributed by atoms with Crippen LogP contribution in [0.5, 0.6) is 5.75 Å². The van der Waals surface area contributed by atoms with E-state index in [0.29, 0.717) is 12.7 Å². The van der Waals surface area contributed by atoms with Crippen molar-refractivity contribution >= 4 is 0 Å². The van der Waals surface area contributed by atoms with E-state index in [4.69, 9.17) is 15.2 Å². The lowest BCUT2D eigenvalue weighted by atomic mass is 9.95. The van der Waals surface area contributed by atoms with Crippen molar-refractivity contribution in [2.75, 3.05) is 26.3 Å². The Balaban J connectivity index is 1.72. The number of fused-ring (bicyclic) bond motifs is 1. The fourth-order valence-corrected chi connectivity index (χ4v) is 3.25. The van der Waals surface area contributed by atoms with Crippen LogP contribution in [-0.2, 0) is 4.74 Å². The van der Waals surface area contributed by atoms with Gasteiger partial charge in [0, 0.05) is 18.7 Å². The van der Waals surface area contributed by atoms with E-state index < -0.39 is 0 Å². The molecule has 3 atom stereocenters. The molecule has 2 N–H and O–H groups in total. The number of hydrogen-bond donors (Lipinski definition) is 1. The van der Waals surface area contributed by atoms with E-state index >= 15 is 0 Å². The number of para-hydroxylation sites is 1. The number of nitrogens with zero attached hydrogens (tertiary/aromatic N) is 1. The van der Waals surface area contributed by atoms with Gasteiger partial charge in [-0.1, -0.05) is 25.1 Å². The summed E-state index contributed by atoms with van der Waals surface area (Å²) in [6.45, 7) is 5.68. The molecular formula is C16H24N2O2. The Morgan fingerprint density at radius 1 is 1.35 bits per heavy atom. The van der Waals surface area contributed by atoms with Crippen LogP contribution in [0.25, 0.3) is 0 Å². The van der Waals surface area contributed by atoms with Crippen molar-refractivity contribution in [1.82, 2.24) is 4.90 Å². The molecule has 1 saturated heterocycles. The summed E-state index contributed by atoms with van der Waals surface area (Å²) in [4.78, 5) is 2.41. The summed E-state index contributed by atoms with van der Waals surface area (Å²) < 4.78 is 11.6. The van der Waals surface area contributed by atoms with Crippen LogP contribution in [-0.4, -0.2) is 43.3 Å². The number of ether oxygens (including phenoxy) is 2. The number of likely N-dealkylation sites (N-methyl/N-ethyl adjacent to an activating group) is 1. The molecule has 2 heterocycles. The molecule has 20 heavy (non-hydrogen) atoms. The third-order valence-electron chi connectivity index (χ3n) is 4.44. The van der Waals surface area contributed by atoms with Gasteiger partial charge in [-0.25, -0.2) is 0 Å². The third kappa shape index (κ3) is 2.68. The zero-order chi connectivity index (χ0) is 13.9. The maximum atomic E-state index is 6.48. The Morgan fingerprint density at radius 2 is 2.20 bits per heavy atom. The maximum Gasteiger partial charge on any atom is 0.124 e. The molecule has 0 spiro atoms. The molecule has 2 aliphatic rings. The largest absolute Gasteiger partial charge is 0.492 e. The van der Waals surface area contributed by atoms with Gasteiger partial charge in [-0.05, 0) is 25.5 Å². The lowest BCUT2D eigenvalue weighted by molar-refractivity contribution is 0.0348. The predicted octanol–water partition coefficient (Wildman–Crippen LogP) is 1.95. The standard InChI is InChI=1S/C16H24N2O2/c1-2-18(10-12-6-5-9-19-12)14-11-20-15-8-4-3-7-13(15)16(14)17/h3-4,7-8,12,14,16H,2,5-6,9-11,17H2,1H3. The van der Waals surface area contributed by atoms with Gasteiger partial charge in [0.05, 0.1) is 18.2 Å². The van der Waals surface area contributed by atoms with Gasteiger partial charge in [-0.3, -0.25) is 4.90 Å². The molecule has 2 aliphatic heterocycles. The van der Waals surface area contributed by atoms with E-state index in [1.54, 1.807) is 0 Å². The van der Waals surface area contributed by atoms with E-state index in [-0.39, 0.29) is 12.1 Å². The van der Waals surface area contributed by atoms with E-state index in [1.165, 1.54) is 6.42 Å². The zero-order valence-corrected chi connectivity index (χ0v) is 12.1. The van der Waals surface area contributed by atoms with Gasteiger partial charge in [0.2, 0.25) is 0 Å². The fourth-order valence-electron chi connectivity index (χ4n) is 3.25. The Kier molecular flexibility index (Phi) is 4.24. The first-order valence-electron chi connectivity index (χ1n) is 7.62. The molecule has 3 unspecified atom stereocenters. The highest BCUT2D eigenvalue weighted by molar-refractivity contribution is 5.38. The molecular weight excluding hydrogens is 252 g/mol. The van der Waals surface area contributed by atoms with E-state index in [1.807, 2.05) is 18.2 Å². The Labute approximate surface area is 120 Å². The van der Waals surface area contributed by atoms with E-state index in [9.17, 15) is 0 Å². The molecule has 1 aromatic rings. The fraction of sp³-hybridized carbons (Fsp3) is 0.625. The summed E-state index contributed by atoms with van der Waals surface area (Å²) in [7, 11) is 0. The average Bonchev–Trinajstić information content (AvgIpc) is 2.99. The van der Waals surface area contributed by atoms with Crippen LogP contribution in [0, 0.1) is 0 Å². The topological polar surface area (TPSA) is 47.7 Å². The first-order valence-corrected chi connectivity index (χ1v) is 7.62.